The van der Waals surface area contributed by atoms with Gasteiger partial charge in [-0.25, -0.2) is 15.0 Å². The molecule has 1 heterocycles. The summed E-state index contributed by atoms with van der Waals surface area (Å²) in [6, 6.07) is 41.2. The third-order valence-electron chi connectivity index (χ3n) is 10.1. The quantitative estimate of drug-likeness (QED) is 0.0694. The van der Waals surface area contributed by atoms with E-state index in [9.17, 15) is 28.8 Å². The van der Waals surface area contributed by atoms with E-state index in [1.807, 2.05) is 0 Å². The molecule has 0 spiro atoms. The minimum absolute atomic E-state index is 0.204. The second-order valence-electron chi connectivity index (χ2n) is 15.8. The van der Waals surface area contributed by atoms with Gasteiger partial charge < -0.3 is 28.4 Å². The first-order chi connectivity index (χ1) is 34.5. The molecule has 7 rings (SSSR count). The lowest BCUT2D eigenvalue weighted by Gasteiger charge is -2.13. The van der Waals surface area contributed by atoms with Crippen LogP contribution in [0.3, 0.4) is 0 Å². The van der Waals surface area contributed by atoms with Gasteiger partial charge in [0.05, 0.1) is 0 Å². The molecule has 1 aromatic heterocycles. The molecule has 360 valence electrons. The minimum atomic E-state index is -0.481. The Bertz CT molecular complexity index is 2700. The summed E-state index contributed by atoms with van der Waals surface area (Å²) in [5.41, 5.74) is 5.98. The van der Waals surface area contributed by atoms with Crippen molar-refractivity contribution in [1.82, 2.24) is 15.0 Å². The Hall–Kier alpha value is -9.63. The normalized spacial score (nSPS) is 10.4. The molecule has 15 nitrogen and oxygen atoms in total. The number of nitrogens with zero attached hydrogens (tertiary/aromatic N) is 3. The van der Waals surface area contributed by atoms with Crippen molar-refractivity contribution in [3.63, 3.8) is 0 Å². The zero-order valence-corrected chi connectivity index (χ0v) is 39.8. The molecule has 6 aromatic carbocycles. The van der Waals surface area contributed by atoms with E-state index in [0.717, 1.165) is 0 Å². The molecule has 0 radical (unpaired) electrons. The monoisotopic (exact) mass is 963 g/mol. The highest BCUT2D eigenvalue weighted by atomic mass is 16.6. The number of rotatable bonds is 15. The van der Waals surface area contributed by atoms with E-state index in [-0.39, 0.29) is 17.5 Å². The maximum Gasteiger partial charge on any atom is 0.308 e. The molecule has 7 aromatic rings. The standard InChI is InChI=1S/C57H45N3O12/c1-34(61)67-46-19-7-40(8-20-46)52(41-9-21-47(22-10-41)68-35(2)62)31-55-58-56(32-53(42-11-23-48(24-12-42)69-36(3)63)43-13-25-49(26-14-43)70-37(4)64)60-57(59-55)33-54(44-15-27-50(28-16-44)71-38(5)65)45-17-29-51(30-18-45)72-39(6)66/h7-33H,1-6H3. The molecule has 0 saturated heterocycles. The molecule has 0 atom stereocenters. The number of aromatic nitrogens is 3. The second-order valence-corrected chi connectivity index (χ2v) is 15.8. The topological polar surface area (TPSA) is 196 Å². The Labute approximate surface area is 414 Å². The van der Waals surface area contributed by atoms with Crippen LogP contribution in [-0.4, -0.2) is 50.8 Å². The molecule has 15 heteroatoms. The second kappa shape index (κ2) is 23.1. The van der Waals surface area contributed by atoms with Crippen LogP contribution in [0.15, 0.2) is 146 Å². The third kappa shape index (κ3) is 14.2. The van der Waals surface area contributed by atoms with Crippen molar-refractivity contribution in [2.24, 2.45) is 0 Å². The molecule has 0 fully saturated rings. The summed E-state index contributed by atoms with van der Waals surface area (Å²) in [5.74, 6) is -0.275. The molecule has 0 amide bonds. The van der Waals surface area contributed by atoms with Gasteiger partial charge in [-0.15, -0.1) is 0 Å². The fraction of sp³-hybridized carbons (Fsp3) is 0.105. The van der Waals surface area contributed by atoms with Gasteiger partial charge in [0.2, 0.25) is 0 Å². The Balaban J connectivity index is 1.49. The number of hydrogen-bond donors (Lipinski definition) is 0. The molecule has 72 heavy (non-hydrogen) atoms. The summed E-state index contributed by atoms with van der Waals surface area (Å²) in [4.78, 5) is 85.9. The van der Waals surface area contributed by atoms with E-state index in [4.69, 9.17) is 43.4 Å². The van der Waals surface area contributed by atoms with Gasteiger partial charge in [0.15, 0.2) is 17.5 Å². The van der Waals surface area contributed by atoms with E-state index in [1.54, 1.807) is 164 Å². The fourth-order valence-electron chi connectivity index (χ4n) is 7.22. The van der Waals surface area contributed by atoms with Gasteiger partial charge in [0.1, 0.15) is 34.5 Å². The number of esters is 6. The van der Waals surface area contributed by atoms with Crippen molar-refractivity contribution in [2.45, 2.75) is 41.5 Å². The first-order valence-corrected chi connectivity index (χ1v) is 22.2. The first-order valence-electron chi connectivity index (χ1n) is 22.2. The molecular weight excluding hydrogens is 919 g/mol. The zero-order valence-electron chi connectivity index (χ0n) is 39.8. The summed E-state index contributed by atoms with van der Waals surface area (Å²) in [5, 5.41) is 0. The Morgan fingerprint density at radius 3 is 0.528 bits per heavy atom. The van der Waals surface area contributed by atoms with Gasteiger partial charge in [0, 0.05) is 41.5 Å². The number of hydrogen-bond acceptors (Lipinski definition) is 15. The summed E-state index contributed by atoms with van der Waals surface area (Å²) in [6.45, 7) is 7.87. The number of carbonyl (C=O) groups excluding carboxylic acids is 6. The lowest BCUT2D eigenvalue weighted by Crippen LogP contribution is -2.04. The molecule has 0 unspecified atom stereocenters. The Morgan fingerprint density at radius 2 is 0.403 bits per heavy atom. The lowest BCUT2D eigenvalue weighted by molar-refractivity contribution is -0.132. The third-order valence-corrected chi connectivity index (χ3v) is 10.1. The number of benzene rings is 6. The first kappa shape index (κ1) is 50.3. The predicted molar refractivity (Wildman–Crippen MR) is 267 cm³/mol. The van der Waals surface area contributed by atoms with Crippen molar-refractivity contribution in [3.05, 3.63) is 196 Å². The molecule has 0 aliphatic heterocycles. The fourth-order valence-corrected chi connectivity index (χ4v) is 7.22. The van der Waals surface area contributed by atoms with Crippen LogP contribution in [0.1, 0.15) is 92.4 Å². The highest BCUT2D eigenvalue weighted by Crippen LogP contribution is 2.33. The van der Waals surface area contributed by atoms with Gasteiger partial charge in [-0.05, 0) is 141 Å². The summed E-state index contributed by atoms with van der Waals surface area (Å²) >= 11 is 0. The van der Waals surface area contributed by atoms with Crippen molar-refractivity contribution >= 4 is 70.8 Å². The van der Waals surface area contributed by atoms with E-state index in [1.165, 1.54) is 41.5 Å². The lowest BCUT2D eigenvalue weighted by atomic mass is 9.96. The number of carbonyl (C=O) groups is 6. The van der Waals surface area contributed by atoms with Gasteiger partial charge >= 0.3 is 35.8 Å². The van der Waals surface area contributed by atoms with Crippen LogP contribution in [0.2, 0.25) is 0 Å². The maximum atomic E-state index is 11.8. The molecule has 0 aliphatic carbocycles. The summed E-state index contributed by atoms with van der Waals surface area (Å²) < 4.78 is 32.0. The van der Waals surface area contributed by atoms with Crippen molar-refractivity contribution < 1.29 is 57.2 Å². The Kier molecular flexibility index (Phi) is 16.1. The van der Waals surface area contributed by atoms with Gasteiger partial charge in [-0.2, -0.15) is 0 Å². The largest absolute Gasteiger partial charge is 0.427 e. The van der Waals surface area contributed by atoms with E-state index in [0.29, 0.717) is 84.6 Å². The molecule has 0 bridgehead atoms. The summed E-state index contributed by atoms with van der Waals surface area (Å²) in [6.07, 6.45) is 5.29. The average Bonchev–Trinajstić information content (AvgIpc) is 3.32. The van der Waals surface area contributed by atoms with Crippen molar-refractivity contribution in [2.75, 3.05) is 0 Å². The highest BCUT2D eigenvalue weighted by Gasteiger charge is 2.16. The van der Waals surface area contributed by atoms with Crippen LogP contribution in [-0.2, 0) is 28.8 Å². The summed E-state index contributed by atoms with van der Waals surface area (Å²) in [7, 11) is 0. The zero-order chi connectivity index (χ0) is 51.3. The minimum Gasteiger partial charge on any atom is -0.427 e. The van der Waals surface area contributed by atoms with E-state index >= 15 is 0 Å². The van der Waals surface area contributed by atoms with E-state index < -0.39 is 35.8 Å². The van der Waals surface area contributed by atoms with Crippen LogP contribution in [0.5, 0.6) is 34.5 Å². The highest BCUT2D eigenvalue weighted by molar-refractivity contribution is 5.94. The van der Waals surface area contributed by atoms with Crippen LogP contribution in [0.4, 0.5) is 0 Å². The van der Waals surface area contributed by atoms with E-state index in [2.05, 4.69) is 0 Å². The smallest absolute Gasteiger partial charge is 0.308 e. The van der Waals surface area contributed by atoms with Gasteiger partial charge in [-0.3, -0.25) is 28.8 Å². The number of ether oxygens (including phenoxy) is 6. The average molecular weight is 964 g/mol. The molecule has 0 aliphatic rings. The maximum absolute atomic E-state index is 11.8. The predicted octanol–water partition coefficient (Wildman–Crippen LogP) is 10.2. The van der Waals surface area contributed by atoms with Crippen LogP contribution in [0.25, 0.3) is 34.9 Å². The Morgan fingerprint density at radius 1 is 0.264 bits per heavy atom. The van der Waals surface area contributed by atoms with Gasteiger partial charge in [0.25, 0.3) is 0 Å². The molecule has 0 N–H and O–H groups in total. The molecule has 0 saturated carbocycles. The van der Waals surface area contributed by atoms with Crippen LogP contribution < -0.4 is 28.4 Å². The van der Waals surface area contributed by atoms with Crippen molar-refractivity contribution in [1.29, 1.82) is 0 Å². The van der Waals surface area contributed by atoms with Gasteiger partial charge in [-0.1, -0.05) is 72.8 Å². The SMILES string of the molecule is CC(=O)Oc1ccc(C(=Cc2nc(C=C(c3ccc(OC(C)=O)cc3)c3ccc(OC(C)=O)cc3)nc(C=C(c3ccc(OC(C)=O)cc3)c3ccc(OC(C)=O)cc3)n2)c2ccc(OC(C)=O)cc2)cc1. The van der Waals surface area contributed by atoms with Crippen molar-refractivity contribution in [3.8, 4) is 34.5 Å². The van der Waals surface area contributed by atoms with Crippen LogP contribution >= 0.6 is 0 Å². The van der Waals surface area contributed by atoms with Crippen LogP contribution in [0, 0.1) is 0 Å². The molecular formula is C57H45N3O12.